The topological polar surface area (TPSA) is 37.8 Å². The summed E-state index contributed by atoms with van der Waals surface area (Å²) in [7, 11) is 0. The molecule has 3 rings (SSSR count). The third-order valence-corrected chi connectivity index (χ3v) is 4.61. The molecule has 108 valence electrons. The number of benzene rings is 1. The van der Waals surface area contributed by atoms with E-state index in [0.717, 1.165) is 28.1 Å². The predicted octanol–water partition coefficient (Wildman–Crippen LogP) is 5.06. The zero-order chi connectivity index (χ0) is 15.0. The van der Waals surface area contributed by atoms with Crippen molar-refractivity contribution in [2.45, 2.75) is 20.8 Å². The molecule has 0 aliphatic heterocycles. The summed E-state index contributed by atoms with van der Waals surface area (Å²) in [6.07, 6.45) is 0. The quantitative estimate of drug-likeness (QED) is 0.686. The highest BCUT2D eigenvalue weighted by molar-refractivity contribution is 7.17. The molecule has 0 aliphatic rings. The van der Waals surface area contributed by atoms with Crippen LogP contribution in [0, 0.1) is 13.8 Å². The summed E-state index contributed by atoms with van der Waals surface area (Å²) >= 11 is 7.60. The SMILES string of the molecule is CCNc1nc(Cl)nc2scc(-c3ccc(C)c(C)c3)c12. The highest BCUT2D eigenvalue weighted by Crippen LogP contribution is 2.37. The first-order valence-corrected chi connectivity index (χ1v) is 8.12. The number of rotatable bonds is 3. The lowest BCUT2D eigenvalue weighted by Gasteiger charge is -2.08. The Hall–Kier alpha value is -1.65. The molecule has 2 aromatic heterocycles. The number of halogens is 1. The summed E-state index contributed by atoms with van der Waals surface area (Å²) in [5.74, 6) is 0.807. The fraction of sp³-hybridized carbons (Fsp3) is 0.250. The van der Waals surface area contributed by atoms with E-state index in [0.29, 0.717) is 0 Å². The molecule has 0 fully saturated rings. The van der Waals surface area contributed by atoms with Gasteiger partial charge in [0.05, 0.1) is 5.39 Å². The summed E-state index contributed by atoms with van der Waals surface area (Å²) in [5, 5.41) is 6.75. The van der Waals surface area contributed by atoms with Crippen molar-refractivity contribution < 1.29 is 0 Å². The summed E-state index contributed by atoms with van der Waals surface area (Å²) < 4.78 is 0. The predicted molar refractivity (Wildman–Crippen MR) is 91.5 cm³/mol. The molecular weight excluding hydrogens is 302 g/mol. The number of nitrogens with one attached hydrogen (secondary N) is 1. The summed E-state index contributed by atoms with van der Waals surface area (Å²) in [4.78, 5) is 9.59. The van der Waals surface area contributed by atoms with E-state index in [2.05, 4.69) is 52.7 Å². The Morgan fingerprint density at radius 2 is 2.00 bits per heavy atom. The van der Waals surface area contributed by atoms with Crippen LogP contribution in [0.3, 0.4) is 0 Å². The molecule has 21 heavy (non-hydrogen) atoms. The van der Waals surface area contributed by atoms with Crippen molar-refractivity contribution in [3.8, 4) is 11.1 Å². The number of thiophene rings is 1. The molecule has 0 aliphatic carbocycles. The molecule has 0 spiro atoms. The van der Waals surface area contributed by atoms with Crippen molar-refractivity contribution in [1.82, 2.24) is 9.97 Å². The minimum atomic E-state index is 0.284. The van der Waals surface area contributed by atoms with E-state index in [4.69, 9.17) is 11.6 Å². The molecular formula is C16H16ClN3S. The smallest absolute Gasteiger partial charge is 0.225 e. The first kappa shape index (κ1) is 14.3. The van der Waals surface area contributed by atoms with Gasteiger partial charge in [-0.15, -0.1) is 11.3 Å². The molecule has 0 amide bonds. The maximum Gasteiger partial charge on any atom is 0.225 e. The van der Waals surface area contributed by atoms with Crippen molar-refractivity contribution in [3.05, 3.63) is 40.0 Å². The van der Waals surface area contributed by atoms with Crippen LogP contribution >= 0.6 is 22.9 Å². The van der Waals surface area contributed by atoms with Crippen LogP contribution in [0.15, 0.2) is 23.6 Å². The standard InChI is InChI=1S/C16H16ClN3S/c1-4-18-14-13-12(8-21-15(13)20-16(17)19-14)11-6-5-9(2)10(3)7-11/h5-8H,4H2,1-3H3,(H,18,19,20). The van der Waals surface area contributed by atoms with Crippen molar-refractivity contribution >= 4 is 39.0 Å². The lowest BCUT2D eigenvalue weighted by Crippen LogP contribution is -2.01. The molecule has 5 heteroatoms. The maximum atomic E-state index is 6.01. The highest BCUT2D eigenvalue weighted by Gasteiger charge is 2.14. The van der Waals surface area contributed by atoms with Gasteiger partial charge in [-0.1, -0.05) is 18.2 Å². The Morgan fingerprint density at radius 3 is 2.71 bits per heavy atom. The summed E-state index contributed by atoms with van der Waals surface area (Å²) in [6.45, 7) is 7.10. The van der Waals surface area contributed by atoms with E-state index in [1.807, 2.05) is 6.92 Å². The number of anilines is 1. The average Bonchev–Trinajstić information content (AvgIpc) is 2.86. The number of hydrogen-bond donors (Lipinski definition) is 1. The van der Waals surface area contributed by atoms with Gasteiger partial charge in [0.25, 0.3) is 0 Å². The molecule has 0 radical (unpaired) electrons. The first-order chi connectivity index (χ1) is 10.1. The zero-order valence-electron chi connectivity index (χ0n) is 12.2. The number of hydrogen-bond acceptors (Lipinski definition) is 4. The fourth-order valence-corrected chi connectivity index (χ4v) is 3.50. The monoisotopic (exact) mass is 317 g/mol. The lowest BCUT2D eigenvalue weighted by molar-refractivity contribution is 1.15. The van der Waals surface area contributed by atoms with E-state index in [9.17, 15) is 0 Å². The number of aromatic nitrogens is 2. The van der Waals surface area contributed by atoms with Crippen LogP contribution in [-0.4, -0.2) is 16.5 Å². The largest absolute Gasteiger partial charge is 0.370 e. The van der Waals surface area contributed by atoms with Gasteiger partial charge in [0.2, 0.25) is 5.28 Å². The second kappa shape index (κ2) is 5.62. The fourth-order valence-electron chi connectivity index (χ4n) is 2.33. The average molecular weight is 318 g/mol. The van der Waals surface area contributed by atoms with Gasteiger partial charge in [-0.25, -0.2) is 9.97 Å². The summed E-state index contributed by atoms with van der Waals surface area (Å²) in [6, 6.07) is 6.51. The van der Waals surface area contributed by atoms with Gasteiger partial charge in [0.15, 0.2) is 0 Å². The Balaban J connectivity index is 2.25. The van der Waals surface area contributed by atoms with E-state index in [-0.39, 0.29) is 5.28 Å². The zero-order valence-corrected chi connectivity index (χ0v) is 13.8. The van der Waals surface area contributed by atoms with Gasteiger partial charge >= 0.3 is 0 Å². The highest BCUT2D eigenvalue weighted by atomic mass is 35.5. The molecule has 1 aromatic carbocycles. The second-order valence-electron chi connectivity index (χ2n) is 5.00. The van der Waals surface area contributed by atoms with Crippen molar-refractivity contribution in [1.29, 1.82) is 0 Å². The molecule has 0 saturated heterocycles. The van der Waals surface area contributed by atoms with Crippen LogP contribution in [0.5, 0.6) is 0 Å². The molecule has 3 nitrogen and oxygen atoms in total. The van der Waals surface area contributed by atoms with E-state index >= 15 is 0 Å². The Bertz CT molecular complexity index is 811. The van der Waals surface area contributed by atoms with Crippen LogP contribution in [0.1, 0.15) is 18.1 Å². The molecule has 1 N–H and O–H groups in total. The number of nitrogens with zero attached hydrogens (tertiary/aromatic N) is 2. The van der Waals surface area contributed by atoms with Crippen LogP contribution < -0.4 is 5.32 Å². The molecule has 0 bridgehead atoms. The van der Waals surface area contributed by atoms with Crippen molar-refractivity contribution in [2.75, 3.05) is 11.9 Å². The molecule has 2 heterocycles. The van der Waals surface area contributed by atoms with Gasteiger partial charge in [0, 0.05) is 17.5 Å². The molecule has 0 saturated carbocycles. The normalized spacial score (nSPS) is 11.0. The lowest BCUT2D eigenvalue weighted by atomic mass is 10.0. The van der Waals surface area contributed by atoms with Gasteiger partial charge in [-0.3, -0.25) is 0 Å². The third-order valence-electron chi connectivity index (χ3n) is 3.57. The molecule has 0 unspecified atom stereocenters. The van der Waals surface area contributed by atoms with Crippen LogP contribution in [0.25, 0.3) is 21.3 Å². The van der Waals surface area contributed by atoms with Gasteiger partial charge in [0.1, 0.15) is 10.6 Å². The third kappa shape index (κ3) is 2.61. The van der Waals surface area contributed by atoms with E-state index in [1.54, 1.807) is 11.3 Å². The van der Waals surface area contributed by atoms with Gasteiger partial charge < -0.3 is 5.32 Å². The number of fused-ring (bicyclic) bond motifs is 1. The maximum absolute atomic E-state index is 6.01. The van der Waals surface area contributed by atoms with Crippen molar-refractivity contribution in [3.63, 3.8) is 0 Å². The van der Waals surface area contributed by atoms with Crippen LogP contribution in [-0.2, 0) is 0 Å². The Morgan fingerprint density at radius 1 is 1.19 bits per heavy atom. The second-order valence-corrected chi connectivity index (χ2v) is 6.20. The van der Waals surface area contributed by atoms with E-state index < -0.39 is 0 Å². The molecule has 0 atom stereocenters. The van der Waals surface area contributed by atoms with Gasteiger partial charge in [-0.2, -0.15) is 0 Å². The number of aryl methyl sites for hydroxylation is 2. The minimum Gasteiger partial charge on any atom is -0.370 e. The van der Waals surface area contributed by atoms with Gasteiger partial charge in [-0.05, 0) is 49.1 Å². The Labute approximate surface area is 133 Å². The van der Waals surface area contributed by atoms with E-state index in [1.165, 1.54) is 16.7 Å². The van der Waals surface area contributed by atoms with Crippen molar-refractivity contribution in [2.24, 2.45) is 0 Å². The summed E-state index contributed by atoms with van der Waals surface area (Å²) in [5.41, 5.74) is 4.93. The Kier molecular flexibility index (Phi) is 3.83. The van der Waals surface area contributed by atoms with Crippen LogP contribution in [0.2, 0.25) is 5.28 Å². The molecule has 3 aromatic rings. The van der Waals surface area contributed by atoms with Crippen LogP contribution in [0.4, 0.5) is 5.82 Å². The minimum absolute atomic E-state index is 0.284. The first-order valence-electron chi connectivity index (χ1n) is 6.86.